The van der Waals surface area contributed by atoms with E-state index in [0.717, 1.165) is 38.2 Å². The van der Waals surface area contributed by atoms with Crippen molar-refractivity contribution in [3.63, 3.8) is 0 Å². The van der Waals surface area contributed by atoms with E-state index >= 15 is 0 Å². The minimum absolute atomic E-state index is 0.243. The fraction of sp³-hybridized carbons (Fsp3) is 0.545. The van der Waals surface area contributed by atoms with Crippen LogP contribution in [-0.4, -0.2) is 33.5 Å². The molecule has 2 heterocycles. The third-order valence-corrected chi connectivity index (χ3v) is 6.02. The zero-order chi connectivity index (χ0) is 23.5. The highest BCUT2D eigenvalue weighted by atomic mass is 19.4. The first-order chi connectivity index (χ1) is 15.0. The van der Waals surface area contributed by atoms with E-state index in [9.17, 15) is 22.8 Å². The highest BCUT2D eigenvalue weighted by Gasteiger charge is 2.36. The number of alkyl halides is 3. The number of ether oxygens (including phenoxy) is 1. The normalized spacial score (nSPS) is 16.1. The van der Waals surface area contributed by atoms with Crippen molar-refractivity contribution in [1.29, 1.82) is 0 Å². The van der Waals surface area contributed by atoms with Gasteiger partial charge in [-0.1, -0.05) is 31.7 Å². The molecule has 3 rings (SSSR count). The molecule has 10 heteroatoms. The van der Waals surface area contributed by atoms with Crippen LogP contribution < -0.4 is 5.32 Å². The second-order valence-corrected chi connectivity index (χ2v) is 8.64. The molecule has 0 saturated heterocycles. The van der Waals surface area contributed by atoms with Gasteiger partial charge < -0.3 is 14.6 Å². The molecule has 0 bridgehead atoms. The monoisotopic (exact) mass is 452 g/mol. The molecule has 0 radical (unpaired) electrons. The van der Waals surface area contributed by atoms with Crippen LogP contribution in [0.25, 0.3) is 0 Å². The van der Waals surface area contributed by atoms with Crippen LogP contribution >= 0.6 is 0 Å². The molecule has 0 spiro atoms. The van der Waals surface area contributed by atoms with Crippen molar-refractivity contribution in [1.82, 2.24) is 14.5 Å². The van der Waals surface area contributed by atoms with Crippen LogP contribution in [0.4, 0.5) is 19.0 Å². The largest absolute Gasteiger partial charge is 0.468 e. The Morgan fingerprint density at radius 1 is 1.22 bits per heavy atom. The summed E-state index contributed by atoms with van der Waals surface area (Å²) in [6.45, 7) is 3.39. The van der Waals surface area contributed by atoms with Gasteiger partial charge in [-0.2, -0.15) is 13.2 Å². The van der Waals surface area contributed by atoms with Crippen LogP contribution in [0.3, 0.4) is 0 Å². The molecule has 0 aromatic carbocycles. The van der Waals surface area contributed by atoms with Gasteiger partial charge in [0.05, 0.1) is 18.9 Å². The number of aromatic nitrogens is 3. The number of imidazole rings is 1. The number of esters is 1. The molecule has 1 unspecified atom stereocenters. The van der Waals surface area contributed by atoms with Crippen molar-refractivity contribution in [2.75, 3.05) is 12.4 Å². The Balaban J connectivity index is 1.79. The molecule has 1 fully saturated rings. The van der Waals surface area contributed by atoms with Gasteiger partial charge >= 0.3 is 12.1 Å². The number of carbonyl (C=O) groups is 2. The van der Waals surface area contributed by atoms with Crippen LogP contribution in [0.2, 0.25) is 0 Å². The number of nitrogens with one attached hydrogen (secondary N) is 1. The average molecular weight is 452 g/mol. The lowest BCUT2D eigenvalue weighted by atomic mass is 9.86. The Bertz CT molecular complexity index is 948. The van der Waals surface area contributed by atoms with Crippen LogP contribution in [0, 0.1) is 5.92 Å². The van der Waals surface area contributed by atoms with Gasteiger partial charge in [0.25, 0.3) is 0 Å². The third kappa shape index (κ3) is 5.28. The van der Waals surface area contributed by atoms with E-state index < -0.39 is 35.2 Å². The van der Waals surface area contributed by atoms with E-state index in [1.54, 1.807) is 26.0 Å². The number of anilines is 1. The Kier molecular flexibility index (Phi) is 6.90. The van der Waals surface area contributed by atoms with Crippen molar-refractivity contribution in [3.05, 3.63) is 42.1 Å². The summed E-state index contributed by atoms with van der Waals surface area (Å²) < 4.78 is 45.1. The SMILES string of the molecule is COC(=O)C(C)(C)c1ccc(NC(=O)C(CC2CCCC2)n2cnc(C(F)(F)F)c2)nc1. The molecule has 32 heavy (non-hydrogen) atoms. The van der Waals surface area contributed by atoms with Crippen LogP contribution in [-0.2, 0) is 25.9 Å². The summed E-state index contributed by atoms with van der Waals surface area (Å²) in [5, 5.41) is 2.69. The molecule has 1 aliphatic rings. The Labute approximate surface area is 184 Å². The van der Waals surface area contributed by atoms with E-state index in [-0.39, 0.29) is 11.7 Å². The summed E-state index contributed by atoms with van der Waals surface area (Å²) in [4.78, 5) is 32.7. The summed E-state index contributed by atoms with van der Waals surface area (Å²) >= 11 is 0. The van der Waals surface area contributed by atoms with E-state index in [1.807, 2.05) is 0 Å². The number of halogens is 3. The molecule has 1 amide bonds. The first-order valence-corrected chi connectivity index (χ1v) is 10.5. The molecule has 2 aromatic heterocycles. The van der Waals surface area contributed by atoms with E-state index in [1.165, 1.54) is 17.9 Å². The third-order valence-electron chi connectivity index (χ3n) is 6.02. The zero-order valence-corrected chi connectivity index (χ0v) is 18.3. The predicted octanol–water partition coefficient (Wildman–Crippen LogP) is 4.51. The molecule has 2 aromatic rings. The summed E-state index contributed by atoms with van der Waals surface area (Å²) in [7, 11) is 1.30. The Hall–Kier alpha value is -2.91. The first kappa shape index (κ1) is 23.7. The predicted molar refractivity (Wildman–Crippen MR) is 111 cm³/mol. The number of pyridine rings is 1. The molecular weight excluding hydrogens is 425 g/mol. The molecule has 7 nitrogen and oxygen atoms in total. The van der Waals surface area contributed by atoms with Gasteiger partial charge in [0.15, 0.2) is 5.69 Å². The molecule has 0 aliphatic heterocycles. The second-order valence-electron chi connectivity index (χ2n) is 8.64. The first-order valence-electron chi connectivity index (χ1n) is 10.5. The van der Waals surface area contributed by atoms with E-state index in [0.29, 0.717) is 12.0 Å². The molecule has 1 saturated carbocycles. The maximum Gasteiger partial charge on any atom is 0.434 e. The second kappa shape index (κ2) is 9.30. The topological polar surface area (TPSA) is 86.1 Å². The zero-order valence-electron chi connectivity index (χ0n) is 18.3. The van der Waals surface area contributed by atoms with E-state index in [2.05, 4.69) is 15.3 Å². The summed E-state index contributed by atoms with van der Waals surface area (Å²) in [5.74, 6) is -0.380. The van der Waals surface area contributed by atoms with Crippen molar-refractivity contribution in [3.8, 4) is 0 Å². The van der Waals surface area contributed by atoms with Crippen molar-refractivity contribution >= 4 is 17.7 Å². The van der Waals surface area contributed by atoms with Gasteiger partial charge in [0.1, 0.15) is 11.9 Å². The van der Waals surface area contributed by atoms with Gasteiger partial charge in [0, 0.05) is 12.4 Å². The summed E-state index contributed by atoms with van der Waals surface area (Å²) in [6, 6.07) is 2.37. The minimum Gasteiger partial charge on any atom is -0.468 e. The van der Waals surface area contributed by atoms with Gasteiger partial charge in [-0.25, -0.2) is 9.97 Å². The molecule has 174 valence electrons. The van der Waals surface area contributed by atoms with Crippen LogP contribution in [0.5, 0.6) is 0 Å². The summed E-state index contributed by atoms with van der Waals surface area (Å²) in [5.41, 5.74) is -1.34. The van der Waals surface area contributed by atoms with Gasteiger partial charge in [0.2, 0.25) is 5.91 Å². The standard InChI is InChI=1S/C22H27F3N4O3/c1-21(2,20(31)32-3)15-8-9-18(26-11-15)28-19(30)16(10-14-6-4-5-7-14)29-12-17(27-13-29)22(23,24)25/h8-9,11-14,16H,4-7,10H2,1-3H3,(H,26,28,30). The number of hydrogen-bond donors (Lipinski definition) is 1. The number of carbonyl (C=O) groups excluding carboxylic acids is 2. The van der Waals surface area contributed by atoms with Crippen molar-refractivity contribution < 1.29 is 27.5 Å². The highest BCUT2D eigenvalue weighted by molar-refractivity contribution is 5.93. The maximum absolute atomic E-state index is 13.0. The average Bonchev–Trinajstić information content (AvgIpc) is 3.43. The maximum atomic E-state index is 13.0. The Morgan fingerprint density at radius 3 is 2.44 bits per heavy atom. The van der Waals surface area contributed by atoms with Crippen LogP contribution in [0.1, 0.15) is 63.3 Å². The number of amides is 1. The van der Waals surface area contributed by atoms with Gasteiger partial charge in [-0.15, -0.1) is 0 Å². The fourth-order valence-electron chi connectivity index (χ4n) is 4.00. The fourth-order valence-corrected chi connectivity index (χ4v) is 4.00. The van der Waals surface area contributed by atoms with E-state index in [4.69, 9.17) is 4.74 Å². The van der Waals surface area contributed by atoms with Crippen molar-refractivity contribution in [2.24, 2.45) is 5.92 Å². The Morgan fingerprint density at radius 2 is 1.91 bits per heavy atom. The molecule has 1 aliphatic carbocycles. The number of methoxy groups -OCH3 is 1. The minimum atomic E-state index is -4.58. The lowest BCUT2D eigenvalue weighted by Crippen LogP contribution is -2.30. The molecular formula is C22H27F3N4O3. The molecule has 1 atom stereocenters. The number of rotatable bonds is 7. The number of hydrogen-bond acceptors (Lipinski definition) is 5. The van der Waals surface area contributed by atoms with Crippen molar-refractivity contribution in [2.45, 2.75) is 63.6 Å². The number of nitrogens with zero attached hydrogens (tertiary/aromatic N) is 3. The van der Waals surface area contributed by atoms with Gasteiger partial charge in [-0.05, 0) is 37.8 Å². The van der Waals surface area contributed by atoms with Crippen LogP contribution in [0.15, 0.2) is 30.9 Å². The summed E-state index contributed by atoms with van der Waals surface area (Å²) in [6.07, 6.45) is 3.23. The highest BCUT2D eigenvalue weighted by Crippen LogP contribution is 2.34. The lowest BCUT2D eigenvalue weighted by Gasteiger charge is -2.23. The van der Waals surface area contributed by atoms with Gasteiger partial charge in [-0.3, -0.25) is 9.59 Å². The molecule has 1 N–H and O–H groups in total. The smallest absolute Gasteiger partial charge is 0.434 e. The quantitative estimate of drug-likeness (QED) is 0.625. The lowest BCUT2D eigenvalue weighted by molar-refractivity contribution is -0.146.